The second-order valence-corrected chi connectivity index (χ2v) is 12.4. The van der Waals surface area contributed by atoms with Gasteiger partial charge in [0.25, 0.3) is 0 Å². The van der Waals surface area contributed by atoms with Crippen LogP contribution in [0.3, 0.4) is 0 Å². The number of thiophene rings is 1. The van der Waals surface area contributed by atoms with Crippen molar-refractivity contribution in [2.75, 3.05) is 0 Å². The summed E-state index contributed by atoms with van der Waals surface area (Å²) in [4.78, 5) is 10.6. The molecule has 9 rings (SSSR count). The number of nitrogens with zero attached hydrogens (tertiary/aromatic N) is 2. The van der Waals surface area contributed by atoms with E-state index >= 15 is 0 Å². The van der Waals surface area contributed by atoms with E-state index in [0.29, 0.717) is 0 Å². The lowest BCUT2D eigenvalue weighted by molar-refractivity contribution is 1.19. The molecule has 0 fully saturated rings. The number of hydrogen-bond donors (Lipinski definition) is 0. The van der Waals surface area contributed by atoms with Gasteiger partial charge in [-0.1, -0.05) is 133 Å². The van der Waals surface area contributed by atoms with Gasteiger partial charge in [-0.25, -0.2) is 9.97 Å². The van der Waals surface area contributed by atoms with E-state index in [0.717, 1.165) is 39.3 Å². The van der Waals surface area contributed by atoms with E-state index in [4.69, 9.17) is 9.97 Å². The van der Waals surface area contributed by atoms with Gasteiger partial charge in [-0.15, -0.1) is 11.3 Å². The Bertz CT molecular complexity index is 2530. The second kappa shape index (κ2) is 10.5. The van der Waals surface area contributed by atoms with Gasteiger partial charge in [-0.3, -0.25) is 0 Å². The summed E-state index contributed by atoms with van der Waals surface area (Å²) in [6.07, 6.45) is 0. The molecule has 9 aromatic rings. The van der Waals surface area contributed by atoms with Crippen LogP contribution in [0.15, 0.2) is 158 Å². The van der Waals surface area contributed by atoms with E-state index in [1.54, 1.807) is 0 Å². The van der Waals surface area contributed by atoms with Gasteiger partial charge in [0, 0.05) is 42.2 Å². The highest BCUT2D eigenvalue weighted by Gasteiger charge is 2.19. The van der Waals surface area contributed by atoms with Crippen molar-refractivity contribution in [1.82, 2.24) is 9.97 Å². The standard InChI is InChI=1S/C42H26N2S/c1-3-13-28(14-4-1)32-19-11-20-34-36(25-35-33-18-9-10-21-39(33)45-41(35)40(32)34)42-43-37(29-15-5-2-6-16-29)26-38(44-42)31-23-22-27-12-7-8-17-30(27)24-31/h1-26H. The molecule has 0 amide bonds. The lowest BCUT2D eigenvalue weighted by atomic mass is 9.93. The zero-order valence-corrected chi connectivity index (χ0v) is 25.1. The molecule has 0 atom stereocenters. The normalized spacial score (nSPS) is 11.6. The molecule has 0 aliphatic carbocycles. The highest BCUT2D eigenvalue weighted by atomic mass is 32.1. The minimum absolute atomic E-state index is 0.729. The molecule has 2 aromatic heterocycles. The molecule has 0 saturated carbocycles. The summed E-state index contributed by atoms with van der Waals surface area (Å²) < 4.78 is 2.58. The molecule has 3 heteroatoms. The quantitative estimate of drug-likeness (QED) is 0.204. The molecule has 0 aliphatic rings. The maximum Gasteiger partial charge on any atom is 0.161 e. The summed E-state index contributed by atoms with van der Waals surface area (Å²) in [5.74, 6) is 0.729. The fourth-order valence-electron chi connectivity index (χ4n) is 6.50. The van der Waals surface area contributed by atoms with Crippen molar-refractivity contribution in [3.05, 3.63) is 158 Å². The van der Waals surface area contributed by atoms with Crippen molar-refractivity contribution in [2.24, 2.45) is 0 Å². The summed E-state index contributed by atoms with van der Waals surface area (Å²) >= 11 is 1.86. The van der Waals surface area contributed by atoms with Crippen molar-refractivity contribution in [2.45, 2.75) is 0 Å². The van der Waals surface area contributed by atoms with Crippen molar-refractivity contribution >= 4 is 53.1 Å². The van der Waals surface area contributed by atoms with E-state index in [9.17, 15) is 0 Å². The van der Waals surface area contributed by atoms with Crippen LogP contribution in [-0.2, 0) is 0 Å². The van der Waals surface area contributed by atoms with Gasteiger partial charge in [0.2, 0.25) is 0 Å². The molecular formula is C42H26N2S. The van der Waals surface area contributed by atoms with Crippen LogP contribution in [0.25, 0.3) is 86.7 Å². The fraction of sp³-hybridized carbons (Fsp3) is 0. The first kappa shape index (κ1) is 25.8. The van der Waals surface area contributed by atoms with Crippen LogP contribution in [0, 0.1) is 0 Å². The average molecular weight is 591 g/mol. The summed E-state index contributed by atoms with van der Waals surface area (Å²) in [5.41, 5.74) is 7.43. The van der Waals surface area contributed by atoms with E-state index in [1.165, 1.54) is 47.5 Å². The zero-order chi connectivity index (χ0) is 29.7. The Labute approximate surface area is 264 Å². The average Bonchev–Trinajstić information content (AvgIpc) is 3.50. The maximum absolute atomic E-state index is 5.32. The topological polar surface area (TPSA) is 25.8 Å². The Morgan fingerprint density at radius 2 is 1.07 bits per heavy atom. The van der Waals surface area contributed by atoms with E-state index < -0.39 is 0 Å². The van der Waals surface area contributed by atoms with Crippen molar-refractivity contribution in [1.29, 1.82) is 0 Å². The maximum atomic E-state index is 5.32. The van der Waals surface area contributed by atoms with Crippen LogP contribution in [0.1, 0.15) is 0 Å². The predicted molar refractivity (Wildman–Crippen MR) is 192 cm³/mol. The molecule has 0 radical (unpaired) electrons. The van der Waals surface area contributed by atoms with E-state index in [1.807, 2.05) is 17.4 Å². The molecular weight excluding hydrogens is 565 g/mol. The third-order valence-corrected chi connectivity index (χ3v) is 9.87. The van der Waals surface area contributed by atoms with Gasteiger partial charge in [0.05, 0.1) is 11.4 Å². The Hall–Kier alpha value is -5.64. The number of hydrogen-bond acceptors (Lipinski definition) is 3. The molecule has 0 N–H and O–H groups in total. The smallest absolute Gasteiger partial charge is 0.161 e. The first-order valence-corrected chi connectivity index (χ1v) is 16.0. The SMILES string of the molecule is c1ccc(-c2cc(-c3ccc4ccccc4c3)nc(-c3cc4c5ccccc5sc4c4c(-c5ccccc5)cccc34)n2)cc1. The fourth-order valence-corrected chi connectivity index (χ4v) is 7.76. The molecule has 45 heavy (non-hydrogen) atoms. The zero-order valence-electron chi connectivity index (χ0n) is 24.3. The van der Waals surface area contributed by atoms with Crippen LogP contribution in [0.4, 0.5) is 0 Å². The lowest BCUT2D eigenvalue weighted by Gasteiger charge is -2.14. The van der Waals surface area contributed by atoms with Crippen LogP contribution in [-0.4, -0.2) is 9.97 Å². The van der Waals surface area contributed by atoms with Gasteiger partial charge >= 0.3 is 0 Å². The van der Waals surface area contributed by atoms with Gasteiger partial charge in [0.15, 0.2) is 5.82 Å². The summed E-state index contributed by atoms with van der Waals surface area (Å²) in [5, 5.41) is 7.32. The van der Waals surface area contributed by atoms with Gasteiger partial charge in [-0.05, 0) is 51.6 Å². The number of rotatable bonds is 4. The summed E-state index contributed by atoms with van der Waals surface area (Å²) in [6, 6.07) is 56.0. The van der Waals surface area contributed by atoms with Gasteiger partial charge in [-0.2, -0.15) is 0 Å². The molecule has 0 aliphatic heterocycles. The molecule has 0 unspecified atom stereocenters. The minimum Gasteiger partial charge on any atom is -0.228 e. The first-order valence-electron chi connectivity index (χ1n) is 15.2. The third kappa shape index (κ3) is 4.40. The molecule has 2 nitrogen and oxygen atoms in total. The number of benzene rings is 7. The van der Waals surface area contributed by atoms with Crippen LogP contribution < -0.4 is 0 Å². The molecule has 0 bridgehead atoms. The van der Waals surface area contributed by atoms with Crippen LogP contribution in [0.5, 0.6) is 0 Å². The first-order chi connectivity index (χ1) is 22.3. The van der Waals surface area contributed by atoms with E-state index in [2.05, 4.69) is 152 Å². The van der Waals surface area contributed by atoms with Crippen LogP contribution in [0.2, 0.25) is 0 Å². The summed E-state index contributed by atoms with van der Waals surface area (Å²) in [7, 11) is 0. The van der Waals surface area contributed by atoms with Crippen LogP contribution >= 0.6 is 11.3 Å². The largest absolute Gasteiger partial charge is 0.228 e. The predicted octanol–water partition coefficient (Wildman–Crippen LogP) is 11.8. The monoisotopic (exact) mass is 590 g/mol. The van der Waals surface area contributed by atoms with E-state index in [-0.39, 0.29) is 0 Å². The minimum atomic E-state index is 0.729. The Balaban J connectivity index is 1.38. The molecule has 7 aromatic carbocycles. The van der Waals surface area contributed by atoms with Gasteiger partial charge in [0.1, 0.15) is 0 Å². The summed E-state index contributed by atoms with van der Waals surface area (Å²) in [6.45, 7) is 0. The highest BCUT2D eigenvalue weighted by molar-refractivity contribution is 7.26. The molecule has 210 valence electrons. The Kier molecular flexibility index (Phi) is 6.03. The molecule has 0 saturated heterocycles. The van der Waals surface area contributed by atoms with Crippen molar-refractivity contribution in [3.8, 4) is 45.0 Å². The Morgan fingerprint density at radius 1 is 0.400 bits per heavy atom. The van der Waals surface area contributed by atoms with Crippen molar-refractivity contribution < 1.29 is 0 Å². The van der Waals surface area contributed by atoms with Gasteiger partial charge < -0.3 is 0 Å². The number of aromatic nitrogens is 2. The highest BCUT2D eigenvalue weighted by Crippen LogP contribution is 2.45. The third-order valence-electron chi connectivity index (χ3n) is 8.67. The Morgan fingerprint density at radius 3 is 1.89 bits per heavy atom. The second-order valence-electron chi connectivity index (χ2n) is 11.4. The number of fused-ring (bicyclic) bond motifs is 6. The molecule has 2 heterocycles. The lowest BCUT2D eigenvalue weighted by Crippen LogP contribution is -1.97. The van der Waals surface area contributed by atoms with Crippen molar-refractivity contribution in [3.63, 3.8) is 0 Å². The molecule has 0 spiro atoms.